The minimum Gasteiger partial charge on any atom is -0.484 e. The topological polar surface area (TPSA) is 38.3 Å². The Kier molecular flexibility index (Phi) is 5.61. The van der Waals surface area contributed by atoms with Crippen LogP contribution in [0.4, 0.5) is 10.1 Å². The first-order valence-corrected chi connectivity index (χ1v) is 7.73. The number of halogens is 2. The number of ether oxygens (including phenoxy) is 1. The summed E-state index contributed by atoms with van der Waals surface area (Å²) in [6.45, 7) is 6.15. The summed E-state index contributed by atoms with van der Waals surface area (Å²) in [4.78, 5) is 11.9. The predicted octanol–water partition coefficient (Wildman–Crippen LogP) is 4.93. The van der Waals surface area contributed by atoms with Crippen molar-refractivity contribution >= 4 is 23.2 Å². The predicted molar refractivity (Wildman–Crippen MR) is 90.8 cm³/mol. The van der Waals surface area contributed by atoms with Crippen molar-refractivity contribution < 1.29 is 13.9 Å². The van der Waals surface area contributed by atoms with Gasteiger partial charge in [0, 0.05) is 5.69 Å². The molecule has 0 atom stereocenters. The van der Waals surface area contributed by atoms with Crippen molar-refractivity contribution in [1.29, 1.82) is 0 Å². The lowest BCUT2D eigenvalue weighted by atomic mass is 9.98. The fourth-order valence-electron chi connectivity index (χ4n) is 2.31. The summed E-state index contributed by atoms with van der Waals surface area (Å²) in [5.74, 6) is 0.217. The van der Waals surface area contributed by atoms with Gasteiger partial charge in [0.15, 0.2) is 6.61 Å². The second-order valence-electron chi connectivity index (χ2n) is 5.64. The highest BCUT2D eigenvalue weighted by atomic mass is 35.5. The lowest BCUT2D eigenvalue weighted by Gasteiger charge is -2.12. The van der Waals surface area contributed by atoms with Gasteiger partial charge in [0.2, 0.25) is 0 Å². The maximum absolute atomic E-state index is 13.1. The highest BCUT2D eigenvalue weighted by molar-refractivity contribution is 6.31. The van der Waals surface area contributed by atoms with E-state index in [1.165, 1.54) is 23.8 Å². The van der Waals surface area contributed by atoms with E-state index in [0.29, 0.717) is 17.4 Å². The van der Waals surface area contributed by atoms with Crippen molar-refractivity contribution in [3.05, 3.63) is 58.4 Å². The summed E-state index contributed by atoms with van der Waals surface area (Å²) in [5.41, 5.74) is 2.81. The van der Waals surface area contributed by atoms with E-state index in [4.69, 9.17) is 16.3 Å². The van der Waals surface area contributed by atoms with E-state index in [0.717, 1.165) is 5.56 Å². The number of aryl methyl sites for hydroxylation is 1. The Morgan fingerprint density at radius 3 is 2.61 bits per heavy atom. The van der Waals surface area contributed by atoms with E-state index < -0.39 is 5.82 Å². The normalized spacial score (nSPS) is 10.7. The van der Waals surface area contributed by atoms with Gasteiger partial charge in [-0.3, -0.25) is 4.79 Å². The van der Waals surface area contributed by atoms with Crippen LogP contribution >= 0.6 is 11.6 Å². The van der Waals surface area contributed by atoms with E-state index >= 15 is 0 Å². The smallest absolute Gasteiger partial charge is 0.262 e. The molecule has 0 aromatic heterocycles. The molecule has 0 bridgehead atoms. The van der Waals surface area contributed by atoms with Crippen molar-refractivity contribution in [2.45, 2.75) is 26.7 Å². The summed E-state index contributed by atoms with van der Waals surface area (Å²) >= 11 is 5.67. The third-order valence-electron chi connectivity index (χ3n) is 3.44. The Labute approximate surface area is 140 Å². The molecule has 2 rings (SSSR count). The number of hydrogen-bond donors (Lipinski definition) is 1. The first-order chi connectivity index (χ1) is 10.9. The quantitative estimate of drug-likeness (QED) is 0.841. The lowest BCUT2D eigenvalue weighted by molar-refractivity contribution is -0.118. The highest BCUT2D eigenvalue weighted by Gasteiger charge is 2.08. The van der Waals surface area contributed by atoms with Crippen LogP contribution in [0.2, 0.25) is 5.02 Å². The van der Waals surface area contributed by atoms with Crippen LogP contribution in [0.3, 0.4) is 0 Å². The second kappa shape index (κ2) is 7.47. The Morgan fingerprint density at radius 2 is 2.00 bits per heavy atom. The molecule has 0 fully saturated rings. The van der Waals surface area contributed by atoms with Crippen LogP contribution in [0.1, 0.15) is 30.9 Å². The fourth-order valence-corrected chi connectivity index (χ4v) is 2.49. The SMILES string of the molecule is Cc1cc(OCC(=O)Nc2ccc(F)c(Cl)c2)ccc1C(C)C. The van der Waals surface area contributed by atoms with Crippen LogP contribution < -0.4 is 10.1 Å². The first-order valence-electron chi connectivity index (χ1n) is 7.35. The van der Waals surface area contributed by atoms with Crippen LogP contribution in [0.15, 0.2) is 36.4 Å². The molecule has 0 unspecified atom stereocenters. The standard InChI is InChI=1S/C18H19ClFNO2/c1-11(2)15-6-5-14(8-12(15)3)23-10-18(22)21-13-4-7-17(20)16(19)9-13/h4-9,11H,10H2,1-3H3,(H,21,22). The van der Waals surface area contributed by atoms with Gasteiger partial charge in [-0.2, -0.15) is 0 Å². The molecule has 1 N–H and O–H groups in total. The molecule has 3 nitrogen and oxygen atoms in total. The second-order valence-corrected chi connectivity index (χ2v) is 6.05. The average molecular weight is 336 g/mol. The van der Waals surface area contributed by atoms with Crippen molar-refractivity contribution in [3.63, 3.8) is 0 Å². The number of carbonyl (C=O) groups is 1. The number of hydrogen-bond acceptors (Lipinski definition) is 2. The molecule has 0 aliphatic carbocycles. The number of carbonyl (C=O) groups excluding carboxylic acids is 1. The minimum atomic E-state index is -0.526. The Balaban J connectivity index is 1.94. The van der Waals surface area contributed by atoms with E-state index in [1.807, 2.05) is 25.1 Å². The van der Waals surface area contributed by atoms with Gasteiger partial charge in [-0.05, 0) is 54.3 Å². The fraction of sp³-hybridized carbons (Fsp3) is 0.278. The van der Waals surface area contributed by atoms with Crippen LogP contribution in [0.25, 0.3) is 0 Å². The van der Waals surface area contributed by atoms with Crippen molar-refractivity contribution in [2.24, 2.45) is 0 Å². The molecule has 23 heavy (non-hydrogen) atoms. The maximum Gasteiger partial charge on any atom is 0.262 e. The Hall–Kier alpha value is -2.07. The highest BCUT2D eigenvalue weighted by Crippen LogP contribution is 2.23. The molecule has 0 saturated heterocycles. The number of anilines is 1. The van der Waals surface area contributed by atoms with Gasteiger partial charge in [0.25, 0.3) is 5.91 Å². The van der Waals surface area contributed by atoms with Gasteiger partial charge in [-0.1, -0.05) is 31.5 Å². The largest absolute Gasteiger partial charge is 0.484 e. The molecular formula is C18H19ClFNO2. The Morgan fingerprint density at radius 1 is 1.26 bits per heavy atom. The monoisotopic (exact) mass is 335 g/mol. The van der Waals surface area contributed by atoms with E-state index in [2.05, 4.69) is 19.2 Å². The molecule has 0 aliphatic rings. The van der Waals surface area contributed by atoms with Gasteiger partial charge in [0.1, 0.15) is 11.6 Å². The summed E-state index contributed by atoms with van der Waals surface area (Å²) < 4.78 is 18.6. The van der Waals surface area contributed by atoms with Gasteiger partial charge in [-0.15, -0.1) is 0 Å². The maximum atomic E-state index is 13.1. The molecule has 0 saturated carbocycles. The van der Waals surface area contributed by atoms with E-state index in [9.17, 15) is 9.18 Å². The van der Waals surface area contributed by atoms with E-state index in [1.54, 1.807) is 0 Å². The van der Waals surface area contributed by atoms with Crippen LogP contribution in [-0.4, -0.2) is 12.5 Å². The third kappa shape index (κ3) is 4.70. The summed E-state index contributed by atoms with van der Waals surface area (Å²) in [6.07, 6.45) is 0. The van der Waals surface area contributed by atoms with Crippen LogP contribution in [-0.2, 0) is 4.79 Å². The molecule has 2 aromatic rings. The summed E-state index contributed by atoms with van der Waals surface area (Å²) in [6, 6.07) is 9.78. The minimum absolute atomic E-state index is 0.0383. The van der Waals surface area contributed by atoms with Crippen LogP contribution in [0, 0.1) is 12.7 Å². The third-order valence-corrected chi connectivity index (χ3v) is 3.73. The number of rotatable bonds is 5. The molecule has 5 heteroatoms. The van der Waals surface area contributed by atoms with Gasteiger partial charge < -0.3 is 10.1 Å². The van der Waals surface area contributed by atoms with Crippen molar-refractivity contribution in [1.82, 2.24) is 0 Å². The zero-order valence-corrected chi connectivity index (χ0v) is 14.1. The molecule has 0 aliphatic heterocycles. The van der Waals surface area contributed by atoms with Gasteiger partial charge in [0.05, 0.1) is 5.02 Å². The number of amides is 1. The molecule has 1 amide bonds. The van der Waals surface area contributed by atoms with Gasteiger partial charge >= 0.3 is 0 Å². The molecule has 2 aromatic carbocycles. The lowest BCUT2D eigenvalue weighted by Crippen LogP contribution is -2.20. The van der Waals surface area contributed by atoms with E-state index in [-0.39, 0.29) is 17.5 Å². The number of nitrogens with one attached hydrogen (secondary N) is 1. The van der Waals surface area contributed by atoms with Crippen molar-refractivity contribution in [3.8, 4) is 5.75 Å². The molecule has 0 spiro atoms. The zero-order valence-electron chi connectivity index (χ0n) is 13.3. The Bertz CT molecular complexity index is 716. The summed E-state index contributed by atoms with van der Waals surface area (Å²) in [5, 5.41) is 2.57. The molecule has 122 valence electrons. The van der Waals surface area contributed by atoms with Gasteiger partial charge in [-0.25, -0.2) is 4.39 Å². The molecular weight excluding hydrogens is 317 g/mol. The van der Waals surface area contributed by atoms with Crippen LogP contribution in [0.5, 0.6) is 5.75 Å². The summed E-state index contributed by atoms with van der Waals surface area (Å²) in [7, 11) is 0. The zero-order chi connectivity index (χ0) is 17.0. The van der Waals surface area contributed by atoms with Crippen molar-refractivity contribution in [2.75, 3.05) is 11.9 Å². The first kappa shape index (κ1) is 17.3. The molecule has 0 heterocycles. The average Bonchev–Trinajstić information content (AvgIpc) is 2.48. The molecule has 0 radical (unpaired) electrons. The number of benzene rings is 2.